The topological polar surface area (TPSA) is 72.2 Å². The number of nitrogens with one attached hydrogen (secondary N) is 1. The number of benzene rings is 1. The van der Waals surface area contributed by atoms with Gasteiger partial charge in [0.25, 0.3) is 0 Å². The minimum atomic E-state index is -3.13. The molecule has 1 fully saturated rings. The molecule has 2 atom stereocenters. The van der Waals surface area contributed by atoms with E-state index in [1.54, 1.807) is 12.1 Å². The molecule has 0 bridgehead atoms. The number of hydrogen-bond donors (Lipinski definition) is 2. The fraction of sp³-hybridized carbons (Fsp3) is 0.600. The lowest BCUT2D eigenvalue weighted by Gasteiger charge is -2.40. The molecule has 20 heavy (non-hydrogen) atoms. The number of anilines is 1. The third-order valence-electron chi connectivity index (χ3n) is 4.17. The standard InChI is InChI=1S/C15H24N2O2S/c1-12-4-3-9-15(10-12,11-16)17-13-5-7-14(8-6-13)20(2,18)19/h5-8,12,17H,3-4,9-11,16H2,1-2H3. The molecule has 0 amide bonds. The first-order chi connectivity index (χ1) is 9.35. The molecule has 2 unspecified atom stereocenters. The zero-order valence-electron chi connectivity index (χ0n) is 12.2. The van der Waals surface area contributed by atoms with Crippen LogP contribution in [0.15, 0.2) is 29.2 Å². The van der Waals surface area contributed by atoms with Crippen LogP contribution < -0.4 is 11.1 Å². The molecule has 1 aromatic carbocycles. The van der Waals surface area contributed by atoms with Gasteiger partial charge in [-0.15, -0.1) is 0 Å². The van der Waals surface area contributed by atoms with E-state index in [0.717, 1.165) is 18.5 Å². The van der Waals surface area contributed by atoms with E-state index < -0.39 is 9.84 Å². The quantitative estimate of drug-likeness (QED) is 0.895. The highest BCUT2D eigenvalue weighted by atomic mass is 32.2. The molecule has 0 aliphatic heterocycles. The van der Waals surface area contributed by atoms with Gasteiger partial charge in [0.1, 0.15) is 0 Å². The first-order valence-electron chi connectivity index (χ1n) is 7.13. The summed E-state index contributed by atoms with van der Waals surface area (Å²) < 4.78 is 22.9. The van der Waals surface area contributed by atoms with Gasteiger partial charge in [0, 0.05) is 24.0 Å². The first kappa shape index (κ1) is 15.3. The Morgan fingerprint density at radius 3 is 2.50 bits per heavy atom. The van der Waals surface area contributed by atoms with Gasteiger partial charge in [0.2, 0.25) is 0 Å². The van der Waals surface area contributed by atoms with E-state index in [1.807, 2.05) is 12.1 Å². The van der Waals surface area contributed by atoms with Crippen molar-refractivity contribution in [2.75, 3.05) is 18.1 Å². The fourth-order valence-electron chi connectivity index (χ4n) is 3.10. The minimum Gasteiger partial charge on any atom is -0.378 e. The van der Waals surface area contributed by atoms with Crippen LogP contribution >= 0.6 is 0 Å². The molecule has 2 rings (SSSR count). The maximum absolute atomic E-state index is 11.5. The molecule has 0 radical (unpaired) electrons. The van der Waals surface area contributed by atoms with E-state index in [9.17, 15) is 8.42 Å². The maximum atomic E-state index is 11.5. The van der Waals surface area contributed by atoms with Crippen LogP contribution in [0, 0.1) is 5.92 Å². The van der Waals surface area contributed by atoms with Crippen LogP contribution in [-0.4, -0.2) is 26.8 Å². The molecule has 1 aliphatic rings. The molecule has 1 aromatic rings. The summed E-state index contributed by atoms with van der Waals surface area (Å²) in [5.41, 5.74) is 6.88. The predicted molar refractivity (Wildman–Crippen MR) is 82.6 cm³/mol. The average molecular weight is 296 g/mol. The molecule has 0 saturated heterocycles. The van der Waals surface area contributed by atoms with Crippen LogP contribution in [0.2, 0.25) is 0 Å². The van der Waals surface area contributed by atoms with Crippen molar-refractivity contribution in [2.24, 2.45) is 11.7 Å². The summed E-state index contributed by atoms with van der Waals surface area (Å²) in [6.45, 7) is 2.86. The Morgan fingerprint density at radius 2 is 2.00 bits per heavy atom. The van der Waals surface area contributed by atoms with Crippen LogP contribution in [0.4, 0.5) is 5.69 Å². The maximum Gasteiger partial charge on any atom is 0.175 e. The van der Waals surface area contributed by atoms with Crippen molar-refractivity contribution in [3.8, 4) is 0 Å². The van der Waals surface area contributed by atoms with Crippen LogP contribution in [0.5, 0.6) is 0 Å². The molecule has 0 heterocycles. The molecular weight excluding hydrogens is 272 g/mol. The lowest BCUT2D eigenvalue weighted by molar-refractivity contribution is 0.264. The summed E-state index contributed by atoms with van der Waals surface area (Å²) in [6.07, 6.45) is 5.81. The summed E-state index contributed by atoms with van der Waals surface area (Å²) >= 11 is 0. The summed E-state index contributed by atoms with van der Waals surface area (Å²) in [4.78, 5) is 0.349. The lowest BCUT2D eigenvalue weighted by Crippen LogP contribution is -2.48. The second-order valence-electron chi connectivity index (χ2n) is 6.11. The Hall–Kier alpha value is -1.07. The van der Waals surface area contributed by atoms with Crippen molar-refractivity contribution >= 4 is 15.5 Å². The normalized spacial score (nSPS) is 27.2. The SMILES string of the molecule is CC1CCCC(CN)(Nc2ccc(S(C)(=O)=O)cc2)C1. The third kappa shape index (κ3) is 3.52. The molecule has 4 nitrogen and oxygen atoms in total. The zero-order chi connectivity index (χ0) is 14.8. The van der Waals surface area contributed by atoms with Gasteiger partial charge in [0.15, 0.2) is 9.84 Å². The monoisotopic (exact) mass is 296 g/mol. The van der Waals surface area contributed by atoms with Crippen molar-refractivity contribution in [1.82, 2.24) is 0 Å². The van der Waals surface area contributed by atoms with Crippen LogP contribution in [0.3, 0.4) is 0 Å². The second-order valence-corrected chi connectivity index (χ2v) is 8.12. The Bertz CT molecular complexity index is 554. The Morgan fingerprint density at radius 1 is 1.35 bits per heavy atom. The highest BCUT2D eigenvalue weighted by Gasteiger charge is 2.33. The van der Waals surface area contributed by atoms with Crippen molar-refractivity contribution in [3.05, 3.63) is 24.3 Å². The average Bonchev–Trinajstić information content (AvgIpc) is 2.38. The van der Waals surface area contributed by atoms with Crippen molar-refractivity contribution in [2.45, 2.75) is 43.0 Å². The molecule has 5 heteroatoms. The molecular formula is C15H24N2O2S. The van der Waals surface area contributed by atoms with Gasteiger partial charge in [-0.25, -0.2) is 8.42 Å². The lowest BCUT2D eigenvalue weighted by atomic mass is 9.76. The van der Waals surface area contributed by atoms with Gasteiger partial charge in [0.05, 0.1) is 4.90 Å². The van der Waals surface area contributed by atoms with E-state index in [4.69, 9.17) is 5.73 Å². The number of rotatable bonds is 4. The highest BCUT2D eigenvalue weighted by Crippen LogP contribution is 2.34. The van der Waals surface area contributed by atoms with Gasteiger partial charge >= 0.3 is 0 Å². The first-order valence-corrected chi connectivity index (χ1v) is 9.02. The molecule has 3 N–H and O–H groups in total. The largest absolute Gasteiger partial charge is 0.378 e. The number of hydrogen-bond acceptors (Lipinski definition) is 4. The molecule has 0 spiro atoms. The van der Waals surface area contributed by atoms with E-state index >= 15 is 0 Å². The Kier molecular flexibility index (Phi) is 4.39. The summed E-state index contributed by atoms with van der Waals surface area (Å²) in [7, 11) is -3.13. The predicted octanol–water partition coefficient (Wildman–Crippen LogP) is 2.41. The third-order valence-corrected chi connectivity index (χ3v) is 5.30. The van der Waals surface area contributed by atoms with E-state index in [2.05, 4.69) is 12.2 Å². The molecule has 112 valence electrons. The minimum absolute atomic E-state index is 0.0513. The fourth-order valence-corrected chi connectivity index (χ4v) is 3.73. The van der Waals surface area contributed by atoms with Crippen LogP contribution in [-0.2, 0) is 9.84 Å². The second kappa shape index (κ2) is 5.74. The van der Waals surface area contributed by atoms with Crippen molar-refractivity contribution in [1.29, 1.82) is 0 Å². The van der Waals surface area contributed by atoms with Gasteiger partial charge in [-0.3, -0.25) is 0 Å². The van der Waals surface area contributed by atoms with Gasteiger partial charge in [-0.2, -0.15) is 0 Å². The van der Waals surface area contributed by atoms with E-state index in [-0.39, 0.29) is 5.54 Å². The molecule has 0 aromatic heterocycles. The Balaban J connectivity index is 2.16. The summed E-state index contributed by atoms with van der Waals surface area (Å²) in [5.74, 6) is 0.676. The Labute approximate surface area is 121 Å². The smallest absolute Gasteiger partial charge is 0.175 e. The van der Waals surface area contributed by atoms with E-state index in [1.165, 1.54) is 19.1 Å². The highest BCUT2D eigenvalue weighted by molar-refractivity contribution is 7.90. The van der Waals surface area contributed by atoms with Crippen LogP contribution in [0.1, 0.15) is 32.6 Å². The zero-order valence-corrected chi connectivity index (χ0v) is 13.0. The number of nitrogens with two attached hydrogens (primary N) is 1. The van der Waals surface area contributed by atoms with E-state index in [0.29, 0.717) is 17.4 Å². The molecule has 1 aliphatic carbocycles. The summed E-state index contributed by atoms with van der Waals surface area (Å²) in [5, 5.41) is 3.53. The summed E-state index contributed by atoms with van der Waals surface area (Å²) in [6, 6.07) is 6.95. The number of sulfone groups is 1. The van der Waals surface area contributed by atoms with Gasteiger partial charge in [-0.05, 0) is 43.0 Å². The van der Waals surface area contributed by atoms with Crippen LogP contribution in [0.25, 0.3) is 0 Å². The van der Waals surface area contributed by atoms with Crippen molar-refractivity contribution < 1.29 is 8.42 Å². The van der Waals surface area contributed by atoms with Crippen molar-refractivity contribution in [3.63, 3.8) is 0 Å². The molecule has 1 saturated carbocycles. The van der Waals surface area contributed by atoms with Gasteiger partial charge < -0.3 is 11.1 Å². The van der Waals surface area contributed by atoms with Gasteiger partial charge in [-0.1, -0.05) is 19.8 Å².